The Labute approximate surface area is 144 Å². The van der Waals surface area contributed by atoms with Crippen molar-refractivity contribution < 1.29 is 14.6 Å². The molecule has 0 radical (unpaired) electrons. The lowest BCUT2D eigenvalue weighted by Gasteiger charge is -2.25. The molecule has 7 heteroatoms. The fraction of sp³-hybridized carbons (Fsp3) is 0.444. The number of aromatic amines is 1. The zero-order chi connectivity index (χ0) is 17.6. The van der Waals surface area contributed by atoms with Crippen molar-refractivity contribution in [3.05, 3.63) is 39.7 Å². The first-order valence-electron chi connectivity index (χ1n) is 8.59. The Morgan fingerprint density at radius 1 is 1.24 bits per heavy atom. The van der Waals surface area contributed by atoms with Crippen molar-refractivity contribution in [2.24, 2.45) is 0 Å². The molecule has 3 N–H and O–H groups in total. The van der Waals surface area contributed by atoms with Gasteiger partial charge in [-0.25, -0.2) is 0 Å². The van der Waals surface area contributed by atoms with E-state index in [0.717, 1.165) is 31.2 Å². The second kappa shape index (κ2) is 5.98. The van der Waals surface area contributed by atoms with Crippen LogP contribution in [0, 0.1) is 0 Å². The van der Waals surface area contributed by atoms with Gasteiger partial charge in [0, 0.05) is 12.3 Å². The molecule has 1 aliphatic heterocycles. The van der Waals surface area contributed by atoms with Gasteiger partial charge in [0.15, 0.2) is 11.5 Å². The van der Waals surface area contributed by atoms with Crippen molar-refractivity contribution in [2.45, 2.75) is 44.1 Å². The van der Waals surface area contributed by atoms with Crippen molar-refractivity contribution in [3.63, 3.8) is 0 Å². The molecule has 2 aliphatic rings. The number of carbonyl (C=O) groups excluding carboxylic acids is 1. The molecule has 0 unspecified atom stereocenters. The highest BCUT2D eigenvalue weighted by Crippen LogP contribution is 2.40. The van der Waals surface area contributed by atoms with Gasteiger partial charge in [0.1, 0.15) is 5.82 Å². The molecule has 1 saturated carbocycles. The SMILES string of the molecule is COc1ccc([C@@H]2CC(=O)Nc3c2c(=O)[nH]n3C2CCCC2)cc1O. The average molecular weight is 343 g/mol. The van der Waals surface area contributed by atoms with E-state index in [1.807, 2.05) is 4.68 Å². The highest BCUT2D eigenvalue weighted by Gasteiger charge is 2.34. The van der Waals surface area contributed by atoms with Crippen LogP contribution in [0.15, 0.2) is 23.0 Å². The van der Waals surface area contributed by atoms with Gasteiger partial charge in [0.05, 0.1) is 18.7 Å². The van der Waals surface area contributed by atoms with Gasteiger partial charge < -0.3 is 15.2 Å². The first-order chi connectivity index (χ1) is 12.1. The maximum atomic E-state index is 12.6. The van der Waals surface area contributed by atoms with Crippen LogP contribution >= 0.6 is 0 Å². The Bertz CT molecular complexity index is 877. The minimum Gasteiger partial charge on any atom is -0.504 e. The molecule has 0 spiro atoms. The summed E-state index contributed by atoms with van der Waals surface area (Å²) in [5, 5.41) is 15.8. The number of benzene rings is 1. The molecular weight excluding hydrogens is 322 g/mol. The number of hydrogen-bond acceptors (Lipinski definition) is 4. The highest BCUT2D eigenvalue weighted by molar-refractivity contribution is 5.94. The number of phenolic OH excluding ortho intramolecular Hbond substituents is 1. The number of nitrogens with one attached hydrogen (secondary N) is 2. The Balaban J connectivity index is 1.81. The van der Waals surface area contributed by atoms with Crippen LogP contribution in [-0.2, 0) is 4.79 Å². The topological polar surface area (TPSA) is 96.4 Å². The number of aromatic nitrogens is 2. The van der Waals surface area contributed by atoms with E-state index < -0.39 is 0 Å². The van der Waals surface area contributed by atoms with E-state index in [4.69, 9.17) is 4.74 Å². The number of ether oxygens (including phenoxy) is 1. The summed E-state index contributed by atoms with van der Waals surface area (Å²) in [6, 6.07) is 5.23. The van der Waals surface area contributed by atoms with Gasteiger partial charge in [-0.3, -0.25) is 19.4 Å². The van der Waals surface area contributed by atoms with Gasteiger partial charge >= 0.3 is 0 Å². The fourth-order valence-corrected chi connectivity index (χ4v) is 4.03. The highest BCUT2D eigenvalue weighted by atomic mass is 16.5. The molecular formula is C18H21N3O4. The van der Waals surface area contributed by atoms with E-state index in [1.54, 1.807) is 18.2 Å². The summed E-state index contributed by atoms with van der Waals surface area (Å²) in [7, 11) is 1.48. The standard InChI is InChI=1S/C18H21N3O4/c1-25-14-7-6-10(8-13(14)22)12-9-15(23)19-17-16(12)18(24)20-21(17)11-4-2-3-5-11/h6-8,11-12,22H,2-5,9H2,1H3,(H,19,23)(H,20,24)/t12-/m0/s1. The van der Waals surface area contributed by atoms with Crippen LogP contribution in [0.25, 0.3) is 0 Å². The summed E-state index contributed by atoms with van der Waals surface area (Å²) in [5.74, 6) is 0.430. The summed E-state index contributed by atoms with van der Waals surface area (Å²) in [6.45, 7) is 0. The molecule has 0 bridgehead atoms. The number of carbonyl (C=O) groups is 1. The predicted molar refractivity (Wildman–Crippen MR) is 92.3 cm³/mol. The summed E-state index contributed by atoms with van der Waals surface area (Å²) in [5.41, 5.74) is 1.11. The number of hydrogen-bond donors (Lipinski definition) is 3. The van der Waals surface area contributed by atoms with Gasteiger partial charge in [-0.1, -0.05) is 18.9 Å². The quantitative estimate of drug-likeness (QED) is 0.798. The zero-order valence-corrected chi connectivity index (χ0v) is 14.0. The second-order valence-corrected chi connectivity index (χ2v) is 6.75. The summed E-state index contributed by atoms with van der Waals surface area (Å²) < 4.78 is 6.90. The third kappa shape index (κ3) is 2.59. The smallest absolute Gasteiger partial charge is 0.270 e. The Hall–Kier alpha value is -2.70. The third-order valence-electron chi connectivity index (χ3n) is 5.25. The minimum absolute atomic E-state index is 0.000754. The van der Waals surface area contributed by atoms with Crippen LogP contribution in [-0.4, -0.2) is 27.9 Å². The molecule has 1 aromatic carbocycles. The first-order valence-corrected chi connectivity index (χ1v) is 8.59. The van der Waals surface area contributed by atoms with Crippen LogP contribution in [0.4, 0.5) is 5.82 Å². The number of anilines is 1. The largest absolute Gasteiger partial charge is 0.504 e. The van der Waals surface area contributed by atoms with Crippen molar-refractivity contribution in [1.82, 2.24) is 9.78 Å². The molecule has 2 aromatic rings. The molecule has 25 heavy (non-hydrogen) atoms. The van der Waals surface area contributed by atoms with Gasteiger partial charge in [-0.2, -0.15) is 0 Å². The van der Waals surface area contributed by atoms with Crippen molar-refractivity contribution in [3.8, 4) is 11.5 Å². The lowest BCUT2D eigenvalue weighted by Crippen LogP contribution is -2.27. The molecule has 132 valence electrons. The number of H-pyrrole nitrogens is 1. The van der Waals surface area contributed by atoms with Crippen molar-refractivity contribution in [2.75, 3.05) is 12.4 Å². The Morgan fingerprint density at radius 2 is 2.00 bits per heavy atom. The zero-order valence-electron chi connectivity index (χ0n) is 14.0. The molecule has 7 nitrogen and oxygen atoms in total. The summed E-state index contributed by atoms with van der Waals surface area (Å²) in [6.07, 6.45) is 4.44. The second-order valence-electron chi connectivity index (χ2n) is 6.75. The van der Waals surface area contributed by atoms with E-state index in [1.165, 1.54) is 7.11 Å². The van der Waals surface area contributed by atoms with Crippen LogP contribution in [0.5, 0.6) is 11.5 Å². The molecule has 0 saturated heterocycles. The molecule has 1 atom stereocenters. The van der Waals surface area contributed by atoms with E-state index >= 15 is 0 Å². The van der Waals surface area contributed by atoms with Crippen molar-refractivity contribution >= 4 is 11.7 Å². The first kappa shape index (κ1) is 15.8. The predicted octanol–water partition coefficient (Wildman–Crippen LogP) is 2.48. The number of rotatable bonds is 3. The maximum Gasteiger partial charge on any atom is 0.270 e. The maximum absolute atomic E-state index is 12.6. The van der Waals surface area contributed by atoms with E-state index in [-0.39, 0.29) is 35.6 Å². The summed E-state index contributed by atoms with van der Waals surface area (Å²) in [4.78, 5) is 24.9. The molecule has 4 rings (SSSR count). The number of fused-ring (bicyclic) bond motifs is 1. The lowest BCUT2D eigenvalue weighted by molar-refractivity contribution is -0.116. The van der Waals surface area contributed by atoms with Gasteiger partial charge in [0.25, 0.3) is 5.56 Å². The van der Waals surface area contributed by atoms with Gasteiger partial charge in [-0.05, 0) is 30.5 Å². The van der Waals surface area contributed by atoms with Gasteiger partial charge in [-0.15, -0.1) is 0 Å². The fourth-order valence-electron chi connectivity index (χ4n) is 4.03. The van der Waals surface area contributed by atoms with E-state index in [0.29, 0.717) is 17.1 Å². The molecule has 1 aliphatic carbocycles. The van der Waals surface area contributed by atoms with Gasteiger partial charge in [0.2, 0.25) is 5.91 Å². The Morgan fingerprint density at radius 3 is 2.68 bits per heavy atom. The van der Waals surface area contributed by atoms with E-state index in [9.17, 15) is 14.7 Å². The molecule has 1 amide bonds. The number of amides is 1. The third-order valence-corrected chi connectivity index (χ3v) is 5.25. The molecule has 1 aromatic heterocycles. The van der Waals surface area contributed by atoms with E-state index in [2.05, 4.69) is 10.4 Å². The average Bonchev–Trinajstić information content (AvgIpc) is 3.22. The number of aromatic hydroxyl groups is 1. The lowest BCUT2D eigenvalue weighted by atomic mass is 9.87. The molecule has 2 heterocycles. The molecule has 1 fully saturated rings. The number of methoxy groups -OCH3 is 1. The Kier molecular flexibility index (Phi) is 3.78. The number of phenols is 1. The summed E-state index contributed by atoms with van der Waals surface area (Å²) >= 11 is 0. The van der Waals surface area contributed by atoms with Crippen LogP contribution < -0.4 is 15.6 Å². The number of nitrogens with zero attached hydrogens (tertiary/aromatic N) is 1. The normalized spacial score (nSPS) is 20.4. The van der Waals surface area contributed by atoms with Crippen LogP contribution in [0.1, 0.15) is 55.2 Å². The minimum atomic E-state index is -0.382. The monoisotopic (exact) mass is 343 g/mol. The van der Waals surface area contributed by atoms with Crippen LogP contribution in [0.2, 0.25) is 0 Å². The van der Waals surface area contributed by atoms with Crippen LogP contribution in [0.3, 0.4) is 0 Å². The van der Waals surface area contributed by atoms with Crippen molar-refractivity contribution in [1.29, 1.82) is 0 Å².